The minimum Gasteiger partial charge on any atom is -0.336 e. The number of likely N-dealkylation sites (N-methyl/N-ethyl adjacent to an activating group) is 1. The largest absolute Gasteiger partial charge is 0.336 e. The van der Waals surface area contributed by atoms with Crippen LogP contribution in [0.25, 0.3) is 0 Å². The number of hydrogen-bond acceptors (Lipinski definition) is 5. The monoisotopic (exact) mass is 438 g/mol. The molecule has 1 saturated heterocycles. The van der Waals surface area contributed by atoms with Gasteiger partial charge in [0, 0.05) is 19.3 Å². The average molecular weight is 439 g/mol. The Hall–Kier alpha value is -1.24. The molecular weight excluding hydrogens is 396 g/mol. The zero-order valence-electron chi connectivity index (χ0n) is 19.3. The predicted octanol–water partition coefficient (Wildman–Crippen LogP) is 5.38. The highest BCUT2D eigenvalue weighted by Gasteiger charge is 2.48. The van der Waals surface area contributed by atoms with E-state index in [1.54, 1.807) is 23.7 Å². The van der Waals surface area contributed by atoms with Crippen molar-refractivity contribution < 1.29 is 9.59 Å². The number of urea groups is 1. The summed E-state index contributed by atoms with van der Waals surface area (Å²) >= 11 is 1.76. The highest BCUT2D eigenvalue weighted by atomic mass is 32.2. The fourth-order valence-corrected chi connectivity index (χ4v) is 5.23. The number of aliphatic imine (C=N–C) groups is 1. The van der Waals surface area contributed by atoms with Gasteiger partial charge in [0.25, 0.3) is 5.91 Å². The summed E-state index contributed by atoms with van der Waals surface area (Å²) in [5, 5.41) is 3.44. The summed E-state index contributed by atoms with van der Waals surface area (Å²) in [6, 6.07) is -0.720. The van der Waals surface area contributed by atoms with Gasteiger partial charge in [-0.05, 0) is 12.8 Å². The maximum Gasteiger partial charge on any atom is 0.325 e. The van der Waals surface area contributed by atoms with Gasteiger partial charge in [0.15, 0.2) is 17.4 Å². The molecule has 3 amide bonds. The van der Waals surface area contributed by atoms with E-state index in [2.05, 4.69) is 24.1 Å². The van der Waals surface area contributed by atoms with E-state index in [-0.39, 0.29) is 24.1 Å². The molecule has 1 fully saturated rings. The van der Waals surface area contributed by atoms with E-state index in [0.717, 1.165) is 23.9 Å². The number of hydrogen-bond donors (Lipinski definition) is 1. The fourth-order valence-electron chi connectivity index (χ4n) is 4.14. The van der Waals surface area contributed by atoms with Gasteiger partial charge in [-0.3, -0.25) is 10.1 Å². The average Bonchev–Trinajstić information content (AvgIpc) is 3.10. The molecule has 2 rings (SSSR count). The van der Waals surface area contributed by atoms with Gasteiger partial charge >= 0.3 is 6.03 Å². The Kier molecular flexibility index (Phi) is 11.6. The molecule has 7 heteroatoms. The minimum absolute atomic E-state index is 0.204. The van der Waals surface area contributed by atoms with Crippen LogP contribution in [0, 0.1) is 0 Å². The van der Waals surface area contributed by atoms with Crippen molar-refractivity contribution in [2.75, 3.05) is 19.3 Å². The van der Waals surface area contributed by atoms with Crippen LogP contribution in [0.15, 0.2) is 4.99 Å². The number of amides is 3. The molecule has 1 N–H and O–H groups in total. The quantitative estimate of drug-likeness (QED) is 0.349. The topological polar surface area (TPSA) is 65.0 Å². The van der Waals surface area contributed by atoms with Crippen LogP contribution >= 0.6 is 11.8 Å². The van der Waals surface area contributed by atoms with Crippen LogP contribution < -0.4 is 5.32 Å². The minimum atomic E-state index is -0.386. The molecule has 0 radical (unpaired) electrons. The highest BCUT2D eigenvalue weighted by molar-refractivity contribution is 8.13. The van der Waals surface area contributed by atoms with Crippen molar-refractivity contribution in [1.82, 2.24) is 15.1 Å². The molecule has 0 aliphatic carbocycles. The number of carbonyl (C=O) groups is 2. The summed E-state index contributed by atoms with van der Waals surface area (Å²) in [7, 11) is 1.73. The molecule has 2 aliphatic rings. The summed E-state index contributed by atoms with van der Waals surface area (Å²) in [6.45, 7) is 5.32. The van der Waals surface area contributed by atoms with Crippen LogP contribution in [0.1, 0.15) is 97.3 Å². The molecule has 2 heterocycles. The number of unbranched alkanes of at least 4 members (excludes halogenated alkanes) is 11. The maximum absolute atomic E-state index is 12.6. The molecular formula is C23H42N4O2S. The predicted molar refractivity (Wildman–Crippen MR) is 127 cm³/mol. The van der Waals surface area contributed by atoms with Crippen LogP contribution in [0.2, 0.25) is 0 Å². The van der Waals surface area contributed by atoms with Crippen LogP contribution in [0.5, 0.6) is 0 Å². The third-order valence-electron chi connectivity index (χ3n) is 6.05. The van der Waals surface area contributed by atoms with E-state index < -0.39 is 0 Å². The summed E-state index contributed by atoms with van der Waals surface area (Å²) < 4.78 is 0. The summed E-state index contributed by atoms with van der Waals surface area (Å²) in [5.74, 6) is 0.822. The lowest BCUT2D eigenvalue weighted by atomic mass is 10.1. The van der Waals surface area contributed by atoms with E-state index in [1.165, 1.54) is 77.0 Å². The van der Waals surface area contributed by atoms with E-state index in [0.29, 0.717) is 0 Å². The molecule has 2 aliphatic heterocycles. The maximum atomic E-state index is 12.6. The molecule has 2 unspecified atom stereocenters. The number of imide groups is 1. The van der Waals surface area contributed by atoms with Crippen LogP contribution in [-0.2, 0) is 4.79 Å². The lowest BCUT2D eigenvalue weighted by molar-refractivity contribution is -0.127. The Morgan fingerprint density at radius 1 is 0.867 bits per heavy atom. The van der Waals surface area contributed by atoms with Crippen molar-refractivity contribution in [3.63, 3.8) is 0 Å². The highest BCUT2D eigenvalue weighted by Crippen LogP contribution is 2.29. The Morgan fingerprint density at radius 3 is 2.07 bits per heavy atom. The van der Waals surface area contributed by atoms with Gasteiger partial charge in [0.1, 0.15) is 0 Å². The molecule has 6 nitrogen and oxygen atoms in total. The molecule has 0 aromatic carbocycles. The summed E-state index contributed by atoms with van der Waals surface area (Å²) in [4.78, 5) is 33.2. The number of nitrogens with one attached hydrogen (secondary N) is 1. The lowest BCUT2D eigenvalue weighted by Crippen LogP contribution is -2.63. The standard InChI is InChI=1S/C23H42N4O2S/c1-4-6-8-10-12-14-16-18-30-23-24-20-19(21(28)25-22(29)26(20)3)27(23)17-15-13-11-9-7-5-2/h19-20H,4-18H2,1-3H3,(H,25,28,29). The van der Waals surface area contributed by atoms with E-state index in [4.69, 9.17) is 4.99 Å². The summed E-state index contributed by atoms with van der Waals surface area (Å²) in [5.41, 5.74) is 0. The normalized spacial score (nSPS) is 21.1. The van der Waals surface area contributed by atoms with Crippen molar-refractivity contribution in [3.8, 4) is 0 Å². The van der Waals surface area contributed by atoms with E-state index in [1.807, 2.05) is 0 Å². The van der Waals surface area contributed by atoms with Gasteiger partial charge in [0.2, 0.25) is 0 Å². The molecule has 0 spiro atoms. The second-order valence-corrected chi connectivity index (χ2v) is 9.67. The van der Waals surface area contributed by atoms with Gasteiger partial charge < -0.3 is 9.80 Å². The number of nitrogens with zero attached hydrogens (tertiary/aromatic N) is 3. The van der Waals surface area contributed by atoms with Crippen LogP contribution in [0.4, 0.5) is 4.79 Å². The van der Waals surface area contributed by atoms with Crippen molar-refractivity contribution >= 4 is 28.9 Å². The molecule has 0 aromatic heterocycles. The molecule has 172 valence electrons. The Morgan fingerprint density at radius 2 is 1.43 bits per heavy atom. The SMILES string of the molecule is CCCCCCCCCSC1=NC2C(C(=O)NC(=O)N2C)N1CCCCCCCC. The molecule has 0 saturated carbocycles. The number of carbonyl (C=O) groups excluding carboxylic acids is 2. The van der Waals surface area contributed by atoms with Crippen LogP contribution in [-0.4, -0.2) is 58.5 Å². The summed E-state index contributed by atoms with van der Waals surface area (Å²) in [6.07, 6.45) is 16.0. The first-order valence-electron chi connectivity index (χ1n) is 12.1. The first-order valence-corrected chi connectivity index (χ1v) is 13.1. The second kappa shape index (κ2) is 13.9. The zero-order chi connectivity index (χ0) is 21.8. The Balaban J connectivity index is 1.84. The smallest absolute Gasteiger partial charge is 0.325 e. The zero-order valence-corrected chi connectivity index (χ0v) is 20.1. The van der Waals surface area contributed by atoms with Crippen molar-refractivity contribution in [3.05, 3.63) is 0 Å². The molecule has 0 bridgehead atoms. The van der Waals surface area contributed by atoms with Crippen molar-refractivity contribution in [2.24, 2.45) is 4.99 Å². The molecule has 2 atom stereocenters. The van der Waals surface area contributed by atoms with Gasteiger partial charge in [-0.15, -0.1) is 0 Å². The van der Waals surface area contributed by atoms with Gasteiger partial charge in [-0.2, -0.15) is 0 Å². The number of fused-ring (bicyclic) bond motifs is 1. The van der Waals surface area contributed by atoms with E-state index in [9.17, 15) is 9.59 Å². The van der Waals surface area contributed by atoms with Gasteiger partial charge in [-0.1, -0.05) is 96.2 Å². The third-order valence-corrected chi connectivity index (χ3v) is 7.15. The Bertz CT molecular complexity index is 569. The van der Waals surface area contributed by atoms with E-state index >= 15 is 0 Å². The van der Waals surface area contributed by atoms with Gasteiger partial charge in [0.05, 0.1) is 0 Å². The number of amidine groups is 1. The van der Waals surface area contributed by atoms with Crippen molar-refractivity contribution in [2.45, 2.75) is 110 Å². The van der Waals surface area contributed by atoms with Crippen molar-refractivity contribution in [1.29, 1.82) is 0 Å². The third kappa shape index (κ3) is 7.47. The molecule has 30 heavy (non-hydrogen) atoms. The number of thioether (sulfide) groups is 1. The number of rotatable bonds is 15. The second-order valence-electron chi connectivity index (χ2n) is 8.61. The fraction of sp³-hybridized carbons (Fsp3) is 0.870. The Labute approximate surface area is 187 Å². The first-order chi connectivity index (χ1) is 14.6. The molecule has 0 aromatic rings. The van der Waals surface area contributed by atoms with Crippen LogP contribution in [0.3, 0.4) is 0 Å². The van der Waals surface area contributed by atoms with Gasteiger partial charge in [-0.25, -0.2) is 9.79 Å². The first kappa shape index (κ1) is 25.0. The lowest BCUT2D eigenvalue weighted by Gasteiger charge is -2.36.